The van der Waals surface area contributed by atoms with E-state index in [1.165, 1.54) is 34.5 Å². The Balaban J connectivity index is 1.53. The first kappa shape index (κ1) is 28.1. The van der Waals surface area contributed by atoms with Crippen LogP contribution in [0.4, 0.5) is 18.0 Å². The van der Waals surface area contributed by atoms with Crippen molar-refractivity contribution in [3.8, 4) is 11.4 Å². The molecule has 210 valence electrons. The molecule has 0 bridgehead atoms. The average molecular weight is 550 g/mol. The second-order valence-electron chi connectivity index (χ2n) is 10.7. The van der Waals surface area contributed by atoms with Gasteiger partial charge in [0.25, 0.3) is 0 Å². The number of fused-ring (bicyclic) bond motifs is 1. The summed E-state index contributed by atoms with van der Waals surface area (Å²) in [4.78, 5) is 49.1. The number of hydrogen-bond donors (Lipinski definition) is 1. The van der Waals surface area contributed by atoms with Gasteiger partial charge in [-0.3, -0.25) is 9.59 Å². The molecule has 0 saturated carbocycles. The van der Waals surface area contributed by atoms with Crippen LogP contribution >= 0.6 is 0 Å². The van der Waals surface area contributed by atoms with E-state index in [4.69, 9.17) is 9.15 Å². The Morgan fingerprint density at radius 3 is 2.54 bits per heavy atom. The molecular weight excluding hydrogens is 519 g/mol. The van der Waals surface area contributed by atoms with Crippen LogP contribution in [-0.4, -0.2) is 69.0 Å². The molecule has 0 saturated heterocycles. The fourth-order valence-corrected chi connectivity index (χ4v) is 4.52. The van der Waals surface area contributed by atoms with Crippen LogP contribution in [-0.2, 0) is 33.5 Å². The molecule has 0 radical (unpaired) electrons. The SMILES string of the molecule is CC1=CC(=O)N(C[C@H](CC(=O)N2CCc3c(nc(-c4ccoc4)nc3C(F)(F)F)C2)NC(=O)OC(C)(C)C)C1. The molecule has 0 unspecified atom stereocenters. The van der Waals surface area contributed by atoms with E-state index in [9.17, 15) is 27.6 Å². The van der Waals surface area contributed by atoms with Crippen molar-refractivity contribution in [2.24, 2.45) is 0 Å². The molecule has 0 fully saturated rings. The van der Waals surface area contributed by atoms with Crippen molar-refractivity contribution in [1.82, 2.24) is 25.1 Å². The highest BCUT2D eigenvalue weighted by atomic mass is 19.4. The van der Waals surface area contributed by atoms with Crippen LogP contribution in [0, 0.1) is 0 Å². The number of furan rings is 1. The predicted octanol–water partition coefficient (Wildman–Crippen LogP) is 3.71. The summed E-state index contributed by atoms with van der Waals surface area (Å²) in [6, 6.07) is 0.672. The van der Waals surface area contributed by atoms with Crippen molar-refractivity contribution in [3.05, 3.63) is 47.2 Å². The van der Waals surface area contributed by atoms with Crippen molar-refractivity contribution >= 4 is 17.9 Å². The number of carbonyl (C=O) groups is 3. The molecule has 13 heteroatoms. The maximum atomic E-state index is 13.8. The number of nitrogens with one attached hydrogen (secondary N) is 1. The molecule has 3 amide bonds. The zero-order valence-electron chi connectivity index (χ0n) is 22.1. The highest BCUT2D eigenvalue weighted by molar-refractivity contribution is 5.91. The van der Waals surface area contributed by atoms with Crippen molar-refractivity contribution < 1.29 is 36.7 Å². The second-order valence-corrected chi connectivity index (χ2v) is 10.7. The number of hydrogen-bond acceptors (Lipinski definition) is 7. The van der Waals surface area contributed by atoms with Gasteiger partial charge in [-0.25, -0.2) is 14.8 Å². The van der Waals surface area contributed by atoms with E-state index in [-0.39, 0.29) is 61.0 Å². The van der Waals surface area contributed by atoms with Gasteiger partial charge in [-0.05, 0) is 45.8 Å². The molecule has 1 N–H and O–H groups in total. The lowest BCUT2D eigenvalue weighted by Gasteiger charge is -2.32. The number of halogens is 3. The summed E-state index contributed by atoms with van der Waals surface area (Å²) in [7, 11) is 0. The van der Waals surface area contributed by atoms with Crippen LogP contribution in [0.3, 0.4) is 0 Å². The van der Waals surface area contributed by atoms with E-state index in [2.05, 4.69) is 15.3 Å². The third-order valence-electron chi connectivity index (χ3n) is 6.17. The Bertz CT molecular complexity index is 1280. The maximum absolute atomic E-state index is 13.8. The van der Waals surface area contributed by atoms with Gasteiger partial charge in [0.1, 0.15) is 11.9 Å². The highest BCUT2D eigenvalue weighted by Gasteiger charge is 2.39. The van der Waals surface area contributed by atoms with Crippen LogP contribution in [0.2, 0.25) is 0 Å². The lowest BCUT2D eigenvalue weighted by Crippen LogP contribution is -2.49. The molecule has 2 aliphatic rings. The van der Waals surface area contributed by atoms with Gasteiger partial charge >= 0.3 is 12.3 Å². The van der Waals surface area contributed by atoms with Gasteiger partial charge < -0.3 is 24.3 Å². The van der Waals surface area contributed by atoms with Gasteiger partial charge in [0.15, 0.2) is 11.5 Å². The first-order valence-electron chi connectivity index (χ1n) is 12.4. The minimum atomic E-state index is -4.70. The van der Waals surface area contributed by atoms with E-state index in [0.29, 0.717) is 6.54 Å². The Morgan fingerprint density at radius 1 is 1.21 bits per heavy atom. The predicted molar refractivity (Wildman–Crippen MR) is 132 cm³/mol. The van der Waals surface area contributed by atoms with Crippen LogP contribution in [0.1, 0.15) is 51.1 Å². The molecule has 39 heavy (non-hydrogen) atoms. The Morgan fingerprint density at radius 2 is 1.95 bits per heavy atom. The van der Waals surface area contributed by atoms with E-state index in [1.807, 2.05) is 0 Å². The zero-order valence-corrected chi connectivity index (χ0v) is 22.1. The summed E-state index contributed by atoms with van der Waals surface area (Å²) in [6.45, 7) is 7.19. The van der Waals surface area contributed by atoms with Gasteiger partial charge in [0.05, 0.1) is 30.1 Å². The van der Waals surface area contributed by atoms with Crippen LogP contribution in [0.25, 0.3) is 11.4 Å². The number of rotatable bonds is 6. The summed E-state index contributed by atoms with van der Waals surface area (Å²) < 4.78 is 51.8. The molecule has 0 aromatic carbocycles. The van der Waals surface area contributed by atoms with E-state index in [1.54, 1.807) is 27.7 Å². The monoisotopic (exact) mass is 549 g/mol. The summed E-state index contributed by atoms with van der Waals surface area (Å²) in [5.41, 5.74) is -0.628. The van der Waals surface area contributed by atoms with Crippen LogP contribution in [0.5, 0.6) is 0 Å². The molecule has 10 nitrogen and oxygen atoms in total. The van der Waals surface area contributed by atoms with Crippen molar-refractivity contribution in [1.29, 1.82) is 0 Å². The number of amides is 3. The number of alkyl halides is 3. The summed E-state index contributed by atoms with van der Waals surface area (Å²) >= 11 is 0. The minimum Gasteiger partial charge on any atom is -0.472 e. The number of nitrogens with zero attached hydrogens (tertiary/aromatic N) is 4. The fraction of sp³-hybridized carbons (Fsp3) is 0.500. The molecule has 4 rings (SSSR count). The van der Waals surface area contributed by atoms with Gasteiger partial charge in [0, 0.05) is 37.7 Å². The van der Waals surface area contributed by atoms with Crippen LogP contribution < -0.4 is 5.32 Å². The largest absolute Gasteiger partial charge is 0.472 e. The molecule has 2 aromatic rings. The van der Waals surface area contributed by atoms with Gasteiger partial charge in [0.2, 0.25) is 11.8 Å². The number of alkyl carbamates (subject to hydrolysis) is 1. The Labute approximate surface area is 223 Å². The van der Waals surface area contributed by atoms with Crippen molar-refractivity contribution in [2.45, 2.75) is 64.9 Å². The molecule has 0 spiro atoms. The van der Waals surface area contributed by atoms with E-state index >= 15 is 0 Å². The summed E-state index contributed by atoms with van der Waals surface area (Å²) in [6.07, 6.45) is -1.67. The Kier molecular flexibility index (Phi) is 7.71. The fourth-order valence-electron chi connectivity index (χ4n) is 4.52. The third-order valence-corrected chi connectivity index (χ3v) is 6.17. The standard InChI is InChI=1S/C26H30F3N5O5/c1-15-9-20(35)34(11-15)12-17(30-24(37)39-25(2,3)4)10-21(36)33-7-5-18-19(13-33)31-23(16-6-8-38-14-16)32-22(18)26(27,28)29/h6,8-9,14,17H,5,7,10-13H2,1-4H3,(H,30,37)/t17-/m0/s1. The number of aromatic nitrogens is 2. The molecule has 0 aliphatic carbocycles. The first-order valence-corrected chi connectivity index (χ1v) is 12.4. The lowest BCUT2D eigenvalue weighted by atomic mass is 10.0. The van der Waals surface area contributed by atoms with Gasteiger partial charge in [-0.1, -0.05) is 0 Å². The van der Waals surface area contributed by atoms with Crippen molar-refractivity contribution in [3.63, 3.8) is 0 Å². The topological polar surface area (TPSA) is 118 Å². The van der Waals surface area contributed by atoms with Gasteiger partial charge in [-0.15, -0.1) is 0 Å². The van der Waals surface area contributed by atoms with E-state index in [0.717, 1.165) is 5.57 Å². The first-order chi connectivity index (χ1) is 18.2. The molecule has 4 heterocycles. The smallest absolute Gasteiger partial charge is 0.433 e. The van der Waals surface area contributed by atoms with Crippen LogP contribution in [0.15, 0.2) is 34.7 Å². The molecule has 2 aliphatic heterocycles. The lowest BCUT2D eigenvalue weighted by molar-refractivity contribution is -0.142. The zero-order chi connectivity index (χ0) is 28.5. The number of carbonyl (C=O) groups excluding carboxylic acids is 3. The normalized spacial score (nSPS) is 16.6. The quantitative estimate of drug-likeness (QED) is 0.584. The maximum Gasteiger partial charge on any atom is 0.433 e. The second kappa shape index (κ2) is 10.7. The third kappa shape index (κ3) is 6.95. The Hall–Kier alpha value is -3.90. The van der Waals surface area contributed by atoms with Gasteiger partial charge in [-0.2, -0.15) is 13.2 Å². The minimum absolute atomic E-state index is 0.0196. The average Bonchev–Trinajstić information content (AvgIpc) is 3.45. The molecular formula is C26H30F3N5O5. The number of ether oxygens (including phenoxy) is 1. The molecule has 1 atom stereocenters. The molecule has 2 aromatic heterocycles. The summed E-state index contributed by atoms with van der Waals surface area (Å²) in [5.74, 6) is -0.787. The van der Waals surface area contributed by atoms with Crippen molar-refractivity contribution in [2.75, 3.05) is 19.6 Å². The van der Waals surface area contributed by atoms with E-state index < -0.39 is 35.5 Å². The summed E-state index contributed by atoms with van der Waals surface area (Å²) in [5, 5.41) is 2.67. The highest BCUT2D eigenvalue weighted by Crippen LogP contribution is 2.35.